The summed E-state index contributed by atoms with van der Waals surface area (Å²) >= 11 is 0. The number of aryl methyl sites for hydroxylation is 1. The summed E-state index contributed by atoms with van der Waals surface area (Å²) in [6.07, 6.45) is 0. The van der Waals surface area contributed by atoms with Crippen LogP contribution in [-0.2, 0) is 9.63 Å². The molecule has 0 spiro atoms. The standard InChI is InChI=1S/C10H11FN2O4/c1-6-3-2-4-7(11)9(6)12-10(16)13-17-5-8(14)15/h2-4H,5H2,1H3,(H,14,15)(H2,12,13,16). The number of aliphatic carboxylic acids is 1. The first-order chi connectivity index (χ1) is 8.00. The van der Waals surface area contributed by atoms with Crippen LogP contribution in [0.4, 0.5) is 14.9 Å². The van der Waals surface area contributed by atoms with Crippen molar-refractivity contribution in [2.24, 2.45) is 0 Å². The minimum absolute atomic E-state index is 0.0175. The SMILES string of the molecule is Cc1cccc(F)c1NC(=O)NOCC(=O)O. The maximum absolute atomic E-state index is 13.3. The number of rotatable bonds is 4. The summed E-state index contributed by atoms with van der Waals surface area (Å²) in [4.78, 5) is 25.6. The smallest absolute Gasteiger partial charge is 0.343 e. The number of carbonyl (C=O) groups is 2. The molecule has 0 heterocycles. The number of nitrogens with one attached hydrogen (secondary N) is 2. The van der Waals surface area contributed by atoms with Crippen LogP contribution in [0, 0.1) is 12.7 Å². The number of urea groups is 1. The van der Waals surface area contributed by atoms with Gasteiger partial charge in [-0.2, -0.15) is 0 Å². The number of anilines is 1. The zero-order chi connectivity index (χ0) is 12.8. The molecular formula is C10H11FN2O4. The van der Waals surface area contributed by atoms with Crippen LogP contribution < -0.4 is 10.8 Å². The van der Waals surface area contributed by atoms with Gasteiger partial charge < -0.3 is 10.4 Å². The number of benzene rings is 1. The third kappa shape index (κ3) is 4.07. The van der Waals surface area contributed by atoms with Gasteiger partial charge in [0.25, 0.3) is 0 Å². The van der Waals surface area contributed by atoms with Gasteiger partial charge in [0.2, 0.25) is 0 Å². The van der Waals surface area contributed by atoms with Crippen LogP contribution in [0.2, 0.25) is 0 Å². The van der Waals surface area contributed by atoms with E-state index in [1.165, 1.54) is 12.1 Å². The molecule has 17 heavy (non-hydrogen) atoms. The lowest BCUT2D eigenvalue weighted by atomic mass is 10.2. The van der Waals surface area contributed by atoms with Gasteiger partial charge in [0.15, 0.2) is 6.61 Å². The van der Waals surface area contributed by atoms with E-state index in [1.54, 1.807) is 13.0 Å². The van der Waals surface area contributed by atoms with E-state index < -0.39 is 24.4 Å². The molecule has 0 atom stereocenters. The maximum Gasteiger partial charge on any atom is 0.343 e. The molecule has 0 aromatic heterocycles. The second-order valence-corrected chi connectivity index (χ2v) is 3.17. The van der Waals surface area contributed by atoms with Crippen LogP contribution in [0.5, 0.6) is 0 Å². The van der Waals surface area contributed by atoms with Crippen LogP contribution in [0.15, 0.2) is 18.2 Å². The number of carboxylic acid groups (broad SMARTS) is 1. The molecule has 0 unspecified atom stereocenters. The number of carboxylic acids is 1. The summed E-state index contributed by atoms with van der Waals surface area (Å²) in [7, 11) is 0. The topological polar surface area (TPSA) is 87.7 Å². The second-order valence-electron chi connectivity index (χ2n) is 3.17. The Labute approximate surface area is 96.3 Å². The van der Waals surface area contributed by atoms with Crippen LogP contribution in [-0.4, -0.2) is 23.7 Å². The molecular weight excluding hydrogens is 231 g/mol. The molecule has 0 aliphatic rings. The van der Waals surface area contributed by atoms with E-state index in [0.29, 0.717) is 5.56 Å². The van der Waals surface area contributed by atoms with E-state index in [-0.39, 0.29) is 5.69 Å². The number of hydrogen-bond donors (Lipinski definition) is 3. The average molecular weight is 242 g/mol. The zero-order valence-corrected chi connectivity index (χ0v) is 8.99. The van der Waals surface area contributed by atoms with Crippen LogP contribution in [0.1, 0.15) is 5.56 Å². The summed E-state index contributed by atoms with van der Waals surface area (Å²) in [5, 5.41) is 10.5. The molecule has 0 bridgehead atoms. The van der Waals surface area contributed by atoms with Crippen molar-refractivity contribution in [3.63, 3.8) is 0 Å². The summed E-state index contributed by atoms with van der Waals surface area (Å²) in [6, 6.07) is 3.48. The molecule has 2 amide bonds. The molecule has 92 valence electrons. The number of hydroxylamine groups is 1. The van der Waals surface area contributed by atoms with Crippen molar-refractivity contribution in [1.29, 1.82) is 0 Å². The highest BCUT2D eigenvalue weighted by molar-refractivity contribution is 5.89. The predicted molar refractivity (Wildman–Crippen MR) is 56.9 cm³/mol. The van der Waals surface area contributed by atoms with Crippen LogP contribution >= 0.6 is 0 Å². The van der Waals surface area contributed by atoms with Gasteiger partial charge in [-0.25, -0.2) is 19.5 Å². The van der Waals surface area contributed by atoms with Crippen LogP contribution in [0.25, 0.3) is 0 Å². The van der Waals surface area contributed by atoms with Gasteiger partial charge in [-0.05, 0) is 18.6 Å². The van der Waals surface area contributed by atoms with Crippen molar-refractivity contribution in [2.75, 3.05) is 11.9 Å². The zero-order valence-electron chi connectivity index (χ0n) is 8.99. The van der Waals surface area contributed by atoms with Crippen molar-refractivity contribution in [3.8, 4) is 0 Å². The molecule has 1 aromatic carbocycles. The fourth-order valence-electron chi connectivity index (χ4n) is 1.09. The lowest BCUT2D eigenvalue weighted by molar-refractivity contribution is -0.143. The molecule has 1 aromatic rings. The van der Waals surface area contributed by atoms with Crippen molar-refractivity contribution in [3.05, 3.63) is 29.6 Å². The summed E-state index contributed by atoms with van der Waals surface area (Å²) in [6.45, 7) is 0.945. The quantitative estimate of drug-likeness (QED) is 0.694. The highest BCUT2D eigenvalue weighted by atomic mass is 19.1. The average Bonchev–Trinajstić information content (AvgIpc) is 2.23. The van der Waals surface area contributed by atoms with Crippen LogP contribution in [0.3, 0.4) is 0 Å². The molecule has 1 rings (SSSR count). The Morgan fingerprint density at radius 2 is 2.18 bits per heavy atom. The molecule has 3 N–H and O–H groups in total. The van der Waals surface area contributed by atoms with E-state index in [4.69, 9.17) is 5.11 Å². The van der Waals surface area contributed by atoms with E-state index >= 15 is 0 Å². The van der Waals surface area contributed by atoms with E-state index in [2.05, 4.69) is 10.2 Å². The summed E-state index contributed by atoms with van der Waals surface area (Å²) < 4.78 is 13.3. The molecule has 0 aliphatic heterocycles. The fraction of sp³-hybridized carbons (Fsp3) is 0.200. The van der Waals surface area contributed by atoms with Crippen molar-refractivity contribution in [2.45, 2.75) is 6.92 Å². The maximum atomic E-state index is 13.3. The summed E-state index contributed by atoms with van der Waals surface area (Å²) in [5.74, 6) is -1.81. The number of para-hydroxylation sites is 1. The third-order valence-electron chi connectivity index (χ3n) is 1.82. The minimum atomic E-state index is -1.23. The number of amides is 2. The first-order valence-electron chi connectivity index (χ1n) is 4.66. The van der Waals surface area contributed by atoms with E-state index in [0.717, 1.165) is 0 Å². The number of halogens is 1. The van der Waals surface area contributed by atoms with Gasteiger partial charge in [-0.3, -0.25) is 4.84 Å². The normalized spacial score (nSPS) is 9.76. The van der Waals surface area contributed by atoms with Gasteiger partial charge in [-0.15, -0.1) is 0 Å². The fourth-order valence-corrected chi connectivity index (χ4v) is 1.09. The molecule has 7 heteroatoms. The molecule has 0 fully saturated rings. The van der Waals surface area contributed by atoms with Gasteiger partial charge in [0.1, 0.15) is 5.82 Å². The van der Waals surface area contributed by atoms with Crippen molar-refractivity contribution in [1.82, 2.24) is 5.48 Å². The molecule has 0 saturated carbocycles. The van der Waals surface area contributed by atoms with Gasteiger partial charge in [0.05, 0.1) is 5.69 Å². The predicted octanol–water partition coefficient (Wildman–Crippen LogP) is 1.27. The lowest BCUT2D eigenvalue weighted by Crippen LogP contribution is -2.31. The van der Waals surface area contributed by atoms with E-state index in [9.17, 15) is 14.0 Å². The van der Waals surface area contributed by atoms with Crippen molar-refractivity contribution < 1.29 is 23.9 Å². The second kappa shape index (κ2) is 5.80. The Hall–Kier alpha value is -2.15. The molecule has 6 nitrogen and oxygen atoms in total. The largest absolute Gasteiger partial charge is 0.479 e. The van der Waals surface area contributed by atoms with E-state index in [1.807, 2.05) is 5.48 Å². The number of carbonyl (C=O) groups excluding carboxylic acids is 1. The molecule has 0 saturated heterocycles. The Morgan fingerprint density at radius 1 is 1.47 bits per heavy atom. The Balaban J connectivity index is 2.53. The Bertz CT molecular complexity index is 416. The minimum Gasteiger partial charge on any atom is -0.479 e. The molecule has 0 radical (unpaired) electrons. The van der Waals surface area contributed by atoms with Crippen molar-refractivity contribution >= 4 is 17.7 Å². The Kier molecular flexibility index (Phi) is 4.41. The third-order valence-corrected chi connectivity index (χ3v) is 1.82. The molecule has 0 aliphatic carbocycles. The first kappa shape index (κ1) is 12.9. The van der Waals surface area contributed by atoms with Gasteiger partial charge >= 0.3 is 12.0 Å². The lowest BCUT2D eigenvalue weighted by Gasteiger charge is -2.09. The Morgan fingerprint density at radius 3 is 2.76 bits per heavy atom. The number of hydrogen-bond acceptors (Lipinski definition) is 3. The van der Waals surface area contributed by atoms with Gasteiger partial charge in [-0.1, -0.05) is 12.1 Å². The van der Waals surface area contributed by atoms with Gasteiger partial charge in [0, 0.05) is 0 Å². The summed E-state index contributed by atoms with van der Waals surface area (Å²) in [5.41, 5.74) is 2.38. The highest BCUT2D eigenvalue weighted by Crippen LogP contribution is 2.18. The monoisotopic (exact) mass is 242 g/mol. The highest BCUT2D eigenvalue weighted by Gasteiger charge is 2.09. The first-order valence-corrected chi connectivity index (χ1v) is 4.66.